The van der Waals surface area contributed by atoms with Gasteiger partial charge >= 0.3 is 12.3 Å². The average molecular weight is 568 g/mol. The van der Waals surface area contributed by atoms with Gasteiger partial charge in [0.2, 0.25) is 5.13 Å². The number of hydrogen-bond donors (Lipinski definition) is 0. The summed E-state index contributed by atoms with van der Waals surface area (Å²) in [5, 5.41) is 6.09. The van der Waals surface area contributed by atoms with Gasteiger partial charge in [0.05, 0.1) is 28.3 Å². The van der Waals surface area contributed by atoms with Gasteiger partial charge in [0.25, 0.3) is 0 Å². The maximum atomic E-state index is 13.0. The quantitative estimate of drug-likeness (QED) is 0.224. The molecule has 4 aromatic rings. The lowest BCUT2D eigenvalue weighted by molar-refractivity contribution is -0.191. The van der Waals surface area contributed by atoms with Gasteiger partial charge in [-0.1, -0.05) is 48.9 Å². The van der Waals surface area contributed by atoms with Crippen LogP contribution in [0.5, 0.6) is 5.75 Å². The molecule has 0 spiro atoms. The first-order valence-electron chi connectivity index (χ1n) is 10.7. The molecule has 0 saturated heterocycles. The number of nitrogens with zero attached hydrogens (tertiary/aromatic N) is 3. The summed E-state index contributed by atoms with van der Waals surface area (Å²) >= 11 is 9.31. The van der Waals surface area contributed by atoms with E-state index in [-0.39, 0.29) is 11.4 Å². The van der Waals surface area contributed by atoms with E-state index in [1.165, 1.54) is 23.5 Å². The summed E-state index contributed by atoms with van der Waals surface area (Å²) in [6.07, 6.45) is -2.26. The molecule has 0 aliphatic heterocycles. The molecule has 194 valence electrons. The van der Waals surface area contributed by atoms with Crippen LogP contribution in [-0.2, 0) is 15.8 Å². The van der Waals surface area contributed by atoms with Gasteiger partial charge in [-0.25, -0.2) is 9.67 Å². The van der Waals surface area contributed by atoms with Gasteiger partial charge in [-0.2, -0.15) is 27.9 Å². The molecular weight excluding hydrogens is 547 g/mol. The first kappa shape index (κ1) is 28.5. The molecule has 2 aromatic carbocycles. The van der Waals surface area contributed by atoms with Crippen LogP contribution in [0.4, 0.5) is 13.2 Å². The molecule has 37 heavy (non-hydrogen) atoms. The van der Waals surface area contributed by atoms with Gasteiger partial charge in [0, 0.05) is 27.6 Å². The Bertz CT molecular complexity index is 1410. The number of aryl methyl sites for hydroxylation is 1. The zero-order valence-corrected chi connectivity index (χ0v) is 22.5. The van der Waals surface area contributed by atoms with E-state index in [4.69, 9.17) is 30.9 Å². The van der Waals surface area contributed by atoms with E-state index in [0.717, 1.165) is 33.2 Å². The van der Waals surface area contributed by atoms with Crippen molar-refractivity contribution in [2.24, 2.45) is 0 Å². The fourth-order valence-corrected chi connectivity index (χ4v) is 6.04. The van der Waals surface area contributed by atoms with E-state index < -0.39 is 11.7 Å². The highest BCUT2D eigenvalue weighted by atomic mass is 35.5. The van der Waals surface area contributed by atoms with Crippen molar-refractivity contribution in [1.82, 2.24) is 14.8 Å². The second-order valence-corrected chi connectivity index (χ2v) is 11.2. The van der Waals surface area contributed by atoms with Crippen LogP contribution in [0.2, 0.25) is 5.02 Å². The summed E-state index contributed by atoms with van der Waals surface area (Å²) in [5.74, 6) is 0.643. The molecule has 0 radical (unpaired) electrons. The summed E-state index contributed by atoms with van der Waals surface area (Å²) in [5.41, 5.74) is 3.12. The standard InChI is InChI=1S/C24H21ClF3N3OS2.CO2/c1-13(2)33-22-21(15-5-7-17(8-6-15)24(26,27)28)29-23(34-22)31-12-20(14(3)30-31)16-9-18(25)11-19(10-16)32-4;2-1-3/h5-13H,1-4H3;. The van der Waals surface area contributed by atoms with Crippen LogP contribution in [0.25, 0.3) is 27.5 Å². The van der Waals surface area contributed by atoms with Gasteiger partial charge in [-0.3, -0.25) is 0 Å². The van der Waals surface area contributed by atoms with Crippen molar-refractivity contribution in [2.75, 3.05) is 7.11 Å². The molecular formula is C25H21ClF3N3O3S2. The van der Waals surface area contributed by atoms with E-state index in [2.05, 4.69) is 18.9 Å². The van der Waals surface area contributed by atoms with Crippen LogP contribution < -0.4 is 4.74 Å². The minimum atomic E-state index is -4.38. The predicted molar refractivity (Wildman–Crippen MR) is 137 cm³/mol. The topological polar surface area (TPSA) is 74.1 Å². The van der Waals surface area contributed by atoms with Crippen LogP contribution in [0.3, 0.4) is 0 Å². The van der Waals surface area contributed by atoms with Crippen molar-refractivity contribution in [3.05, 3.63) is 64.9 Å². The zero-order valence-electron chi connectivity index (χ0n) is 20.1. The van der Waals surface area contributed by atoms with E-state index in [1.807, 2.05) is 25.3 Å². The number of alkyl halides is 3. The highest BCUT2D eigenvalue weighted by Gasteiger charge is 2.30. The van der Waals surface area contributed by atoms with Crippen molar-refractivity contribution >= 4 is 40.9 Å². The molecule has 0 amide bonds. The molecule has 0 saturated carbocycles. The van der Waals surface area contributed by atoms with Crippen molar-refractivity contribution in [3.63, 3.8) is 0 Å². The van der Waals surface area contributed by atoms with Crippen LogP contribution in [0.15, 0.2) is 52.9 Å². The SMILES string of the molecule is COc1cc(Cl)cc(-c2cn(-c3nc(-c4ccc(C(F)(F)F)cc4)c(SC(C)C)s3)nc2C)c1.O=C=O. The largest absolute Gasteiger partial charge is 0.497 e. The Morgan fingerprint density at radius 2 is 1.76 bits per heavy atom. The van der Waals surface area contributed by atoms with Crippen LogP contribution in [-0.4, -0.2) is 33.3 Å². The van der Waals surface area contributed by atoms with E-state index in [0.29, 0.717) is 27.2 Å². The molecule has 0 bridgehead atoms. The maximum absolute atomic E-state index is 13.0. The summed E-state index contributed by atoms with van der Waals surface area (Å²) in [7, 11) is 1.58. The van der Waals surface area contributed by atoms with Crippen LogP contribution >= 0.6 is 34.7 Å². The average Bonchev–Trinajstić information content (AvgIpc) is 3.42. The Hall–Kier alpha value is -3.11. The van der Waals surface area contributed by atoms with E-state index >= 15 is 0 Å². The molecule has 0 fully saturated rings. The Morgan fingerprint density at radius 3 is 2.32 bits per heavy atom. The van der Waals surface area contributed by atoms with Gasteiger partial charge in [-0.15, -0.1) is 11.8 Å². The molecule has 0 unspecified atom stereocenters. The fraction of sp³-hybridized carbons (Fsp3) is 0.240. The fourth-order valence-electron chi connectivity index (χ4n) is 3.36. The summed E-state index contributed by atoms with van der Waals surface area (Å²) in [4.78, 5) is 21.0. The minimum Gasteiger partial charge on any atom is -0.497 e. The molecule has 6 nitrogen and oxygen atoms in total. The van der Waals surface area contributed by atoms with Gasteiger partial charge in [-0.05, 0) is 42.8 Å². The highest BCUT2D eigenvalue weighted by molar-refractivity contribution is 8.01. The maximum Gasteiger partial charge on any atom is 0.416 e. The number of ether oxygens (including phenoxy) is 1. The predicted octanol–water partition coefficient (Wildman–Crippen LogP) is 7.57. The van der Waals surface area contributed by atoms with Gasteiger partial charge in [0.15, 0.2) is 0 Å². The normalized spacial score (nSPS) is 11.2. The van der Waals surface area contributed by atoms with Gasteiger partial charge < -0.3 is 4.74 Å². The van der Waals surface area contributed by atoms with Crippen molar-refractivity contribution in [2.45, 2.75) is 36.4 Å². The van der Waals surface area contributed by atoms with Gasteiger partial charge in [0.1, 0.15) is 5.75 Å². The number of benzene rings is 2. The smallest absolute Gasteiger partial charge is 0.416 e. The third kappa shape index (κ3) is 7.01. The van der Waals surface area contributed by atoms with Crippen molar-refractivity contribution < 1.29 is 27.5 Å². The Kier molecular flexibility index (Phi) is 9.20. The van der Waals surface area contributed by atoms with E-state index in [1.54, 1.807) is 29.6 Å². The lowest BCUT2D eigenvalue weighted by Crippen LogP contribution is -2.04. The summed E-state index contributed by atoms with van der Waals surface area (Å²) in [6, 6.07) is 10.6. The lowest BCUT2D eigenvalue weighted by Gasteiger charge is -2.08. The second kappa shape index (κ2) is 12.0. The van der Waals surface area contributed by atoms with Crippen molar-refractivity contribution in [3.8, 4) is 33.3 Å². The number of methoxy groups -OCH3 is 1. The monoisotopic (exact) mass is 567 g/mol. The van der Waals surface area contributed by atoms with E-state index in [9.17, 15) is 13.2 Å². The third-order valence-electron chi connectivity index (χ3n) is 4.93. The molecule has 0 aliphatic rings. The van der Waals surface area contributed by atoms with Crippen molar-refractivity contribution in [1.29, 1.82) is 0 Å². The van der Waals surface area contributed by atoms with Crippen LogP contribution in [0.1, 0.15) is 25.1 Å². The third-order valence-corrected chi connectivity index (χ3v) is 7.40. The first-order chi connectivity index (χ1) is 17.5. The number of thioether (sulfide) groups is 1. The lowest BCUT2D eigenvalue weighted by atomic mass is 10.1. The summed E-state index contributed by atoms with van der Waals surface area (Å²) < 4.78 is 47.0. The second-order valence-electron chi connectivity index (χ2n) is 7.91. The first-order valence-corrected chi connectivity index (χ1v) is 12.8. The molecule has 2 aromatic heterocycles. The molecule has 12 heteroatoms. The number of hydrogen-bond acceptors (Lipinski definition) is 7. The number of rotatable bonds is 6. The molecule has 0 N–H and O–H groups in total. The number of halogens is 4. The van der Waals surface area contributed by atoms with Crippen LogP contribution in [0, 0.1) is 6.92 Å². The molecule has 0 atom stereocenters. The zero-order chi connectivity index (χ0) is 27.3. The Labute approximate surface area is 224 Å². The number of thiazole rings is 1. The Morgan fingerprint density at radius 1 is 1.11 bits per heavy atom. The molecule has 4 rings (SSSR count). The number of carbonyl (C=O) groups excluding carboxylic acids is 2. The number of aromatic nitrogens is 3. The molecule has 2 heterocycles. The highest BCUT2D eigenvalue weighted by Crippen LogP contribution is 2.41. The Balaban J connectivity index is 0.00000121. The minimum absolute atomic E-state index is 0.250. The molecule has 0 aliphatic carbocycles. The summed E-state index contributed by atoms with van der Waals surface area (Å²) in [6.45, 7) is 6.01.